The lowest BCUT2D eigenvalue weighted by molar-refractivity contribution is -0.117. The Hall–Kier alpha value is -3.06. The summed E-state index contributed by atoms with van der Waals surface area (Å²) in [6, 6.07) is 17.6. The van der Waals surface area contributed by atoms with Gasteiger partial charge in [-0.15, -0.1) is 0 Å². The minimum Gasteiger partial charge on any atom is -0.372 e. The molecule has 7 heteroatoms. The van der Waals surface area contributed by atoms with Crippen molar-refractivity contribution in [3.05, 3.63) is 54.6 Å². The van der Waals surface area contributed by atoms with E-state index in [1.807, 2.05) is 42.5 Å². The fraction of sp³-hybridized carbons (Fsp3) is 0.440. The highest BCUT2D eigenvalue weighted by molar-refractivity contribution is 5.92. The molecule has 3 amide bonds. The van der Waals surface area contributed by atoms with Crippen LogP contribution in [0.5, 0.6) is 0 Å². The molecule has 0 unspecified atom stereocenters. The van der Waals surface area contributed by atoms with Gasteiger partial charge in [0.25, 0.3) is 0 Å². The number of anilines is 3. The van der Waals surface area contributed by atoms with E-state index in [4.69, 9.17) is 0 Å². The first-order chi connectivity index (χ1) is 15.7. The number of para-hydroxylation sites is 1. The minimum absolute atomic E-state index is 0.0188. The van der Waals surface area contributed by atoms with Gasteiger partial charge >= 0.3 is 6.03 Å². The van der Waals surface area contributed by atoms with E-state index in [2.05, 4.69) is 32.6 Å². The highest BCUT2D eigenvalue weighted by atomic mass is 16.2. The molecule has 0 spiro atoms. The third kappa shape index (κ3) is 6.23. The van der Waals surface area contributed by atoms with Gasteiger partial charge in [0.15, 0.2) is 0 Å². The maximum atomic E-state index is 12.5. The zero-order valence-corrected chi connectivity index (χ0v) is 18.6. The van der Waals surface area contributed by atoms with Crippen LogP contribution < -0.4 is 15.5 Å². The Morgan fingerprint density at radius 1 is 0.688 bits per heavy atom. The van der Waals surface area contributed by atoms with Gasteiger partial charge in [-0.1, -0.05) is 31.0 Å². The van der Waals surface area contributed by atoms with Crippen LogP contribution in [0.3, 0.4) is 0 Å². The Kier molecular flexibility index (Phi) is 7.61. The SMILES string of the molecule is O=C(CN1CCN(C(=O)Nc2ccccc2)CC1)Nc1ccc(N2CCCCCC2)cc1. The van der Waals surface area contributed by atoms with E-state index >= 15 is 0 Å². The van der Waals surface area contributed by atoms with Crippen LogP contribution in [0.15, 0.2) is 54.6 Å². The number of carbonyl (C=O) groups is 2. The number of nitrogens with zero attached hydrogens (tertiary/aromatic N) is 3. The molecule has 2 fully saturated rings. The first kappa shape index (κ1) is 22.1. The van der Waals surface area contributed by atoms with E-state index < -0.39 is 0 Å². The van der Waals surface area contributed by atoms with E-state index in [9.17, 15) is 9.59 Å². The second kappa shape index (κ2) is 11.0. The predicted molar refractivity (Wildman–Crippen MR) is 129 cm³/mol. The maximum absolute atomic E-state index is 12.5. The van der Waals surface area contributed by atoms with Crippen molar-refractivity contribution in [2.45, 2.75) is 25.7 Å². The molecule has 2 aliphatic heterocycles. The van der Waals surface area contributed by atoms with E-state index in [1.165, 1.54) is 31.4 Å². The van der Waals surface area contributed by atoms with Crippen LogP contribution in [0.1, 0.15) is 25.7 Å². The van der Waals surface area contributed by atoms with Crippen molar-refractivity contribution in [3.8, 4) is 0 Å². The number of hydrogen-bond donors (Lipinski definition) is 2. The van der Waals surface area contributed by atoms with Crippen LogP contribution in [0, 0.1) is 0 Å². The second-order valence-corrected chi connectivity index (χ2v) is 8.56. The highest BCUT2D eigenvalue weighted by Crippen LogP contribution is 2.21. The molecule has 2 aromatic carbocycles. The largest absolute Gasteiger partial charge is 0.372 e. The first-order valence-corrected chi connectivity index (χ1v) is 11.7. The van der Waals surface area contributed by atoms with Crippen molar-refractivity contribution in [1.29, 1.82) is 0 Å². The fourth-order valence-electron chi connectivity index (χ4n) is 4.32. The van der Waals surface area contributed by atoms with Crippen LogP contribution >= 0.6 is 0 Å². The van der Waals surface area contributed by atoms with Crippen molar-refractivity contribution in [1.82, 2.24) is 9.80 Å². The van der Waals surface area contributed by atoms with Crippen LogP contribution in [-0.4, -0.2) is 67.6 Å². The Bertz CT molecular complexity index is 871. The number of nitrogens with one attached hydrogen (secondary N) is 2. The quantitative estimate of drug-likeness (QED) is 0.749. The molecule has 170 valence electrons. The molecule has 7 nitrogen and oxygen atoms in total. The zero-order chi connectivity index (χ0) is 22.2. The summed E-state index contributed by atoms with van der Waals surface area (Å²) in [7, 11) is 0. The molecule has 2 aliphatic rings. The molecule has 2 N–H and O–H groups in total. The molecule has 0 aromatic heterocycles. The lowest BCUT2D eigenvalue weighted by Crippen LogP contribution is -2.51. The topological polar surface area (TPSA) is 67.9 Å². The molecular formula is C25H33N5O2. The van der Waals surface area contributed by atoms with Gasteiger partial charge in [-0.3, -0.25) is 9.69 Å². The molecule has 0 aliphatic carbocycles. The molecule has 0 bridgehead atoms. The third-order valence-electron chi connectivity index (χ3n) is 6.17. The summed E-state index contributed by atoms with van der Waals surface area (Å²) in [5.41, 5.74) is 2.85. The van der Waals surface area contributed by atoms with Crippen LogP contribution in [0.25, 0.3) is 0 Å². The number of rotatable bonds is 5. The van der Waals surface area contributed by atoms with Crippen LogP contribution in [0.4, 0.5) is 21.9 Å². The van der Waals surface area contributed by atoms with E-state index in [1.54, 1.807) is 4.90 Å². The molecule has 0 radical (unpaired) electrons. The summed E-state index contributed by atoms with van der Waals surface area (Å²) in [6.45, 7) is 5.14. The Morgan fingerprint density at radius 3 is 1.97 bits per heavy atom. The molecule has 2 heterocycles. The fourth-order valence-corrected chi connectivity index (χ4v) is 4.32. The number of benzene rings is 2. The molecule has 2 saturated heterocycles. The molecule has 2 aromatic rings. The summed E-state index contributed by atoms with van der Waals surface area (Å²) < 4.78 is 0. The number of hydrogen-bond acceptors (Lipinski definition) is 4. The lowest BCUT2D eigenvalue weighted by Gasteiger charge is -2.34. The summed E-state index contributed by atoms with van der Waals surface area (Å²) in [5, 5.41) is 5.92. The van der Waals surface area contributed by atoms with Gasteiger partial charge < -0.3 is 20.4 Å². The average molecular weight is 436 g/mol. The zero-order valence-electron chi connectivity index (χ0n) is 18.6. The number of carbonyl (C=O) groups excluding carboxylic acids is 2. The Labute approximate surface area is 190 Å². The van der Waals surface area contributed by atoms with Crippen molar-refractivity contribution < 1.29 is 9.59 Å². The predicted octanol–water partition coefficient (Wildman–Crippen LogP) is 3.86. The summed E-state index contributed by atoms with van der Waals surface area (Å²) in [5.74, 6) is -0.0188. The number of urea groups is 1. The van der Waals surface area contributed by atoms with Gasteiger partial charge in [0.2, 0.25) is 5.91 Å². The van der Waals surface area contributed by atoms with E-state index in [-0.39, 0.29) is 11.9 Å². The maximum Gasteiger partial charge on any atom is 0.321 e. The van der Waals surface area contributed by atoms with Gasteiger partial charge in [-0.2, -0.15) is 0 Å². The summed E-state index contributed by atoms with van der Waals surface area (Å²) in [4.78, 5) is 31.2. The molecule has 32 heavy (non-hydrogen) atoms. The summed E-state index contributed by atoms with van der Waals surface area (Å²) in [6.07, 6.45) is 5.13. The van der Waals surface area contributed by atoms with Crippen molar-refractivity contribution in [2.75, 3.05) is 61.3 Å². The van der Waals surface area contributed by atoms with E-state index in [0.717, 1.165) is 24.5 Å². The highest BCUT2D eigenvalue weighted by Gasteiger charge is 2.22. The van der Waals surface area contributed by atoms with Crippen LogP contribution in [0.2, 0.25) is 0 Å². The van der Waals surface area contributed by atoms with Crippen LogP contribution in [-0.2, 0) is 4.79 Å². The van der Waals surface area contributed by atoms with Gasteiger partial charge in [-0.05, 0) is 49.2 Å². The van der Waals surface area contributed by atoms with Crippen molar-refractivity contribution in [2.24, 2.45) is 0 Å². The van der Waals surface area contributed by atoms with Crippen molar-refractivity contribution >= 4 is 29.0 Å². The van der Waals surface area contributed by atoms with Gasteiger partial charge in [0, 0.05) is 56.3 Å². The first-order valence-electron chi connectivity index (χ1n) is 11.7. The Morgan fingerprint density at radius 2 is 1.31 bits per heavy atom. The molecule has 0 saturated carbocycles. The summed E-state index contributed by atoms with van der Waals surface area (Å²) >= 11 is 0. The van der Waals surface area contributed by atoms with Gasteiger partial charge in [0.1, 0.15) is 0 Å². The lowest BCUT2D eigenvalue weighted by atomic mass is 10.2. The molecule has 0 atom stereocenters. The third-order valence-corrected chi connectivity index (χ3v) is 6.17. The van der Waals surface area contributed by atoms with Gasteiger partial charge in [-0.25, -0.2) is 4.79 Å². The van der Waals surface area contributed by atoms with Crippen molar-refractivity contribution in [3.63, 3.8) is 0 Å². The minimum atomic E-state index is -0.0928. The monoisotopic (exact) mass is 435 g/mol. The van der Waals surface area contributed by atoms with E-state index in [0.29, 0.717) is 32.7 Å². The molecular weight excluding hydrogens is 402 g/mol. The Balaban J connectivity index is 1.20. The smallest absolute Gasteiger partial charge is 0.321 e. The molecule has 4 rings (SSSR count). The second-order valence-electron chi connectivity index (χ2n) is 8.56. The number of piperazine rings is 1. The average Bonchev–Trinajstić information content (AvgIpc) is 3.10. The normalized spacial score (nSPS) is 17.5. The standard InChI is InChI=1S/C25H33N5O2/c31-24(26-22-10-12-23(13-11-22)29-14-6-1-2-7-15-29)20-28-16-18-30(19-17-28)25(32)27-21-8-4-3-5-9-21/h3-5,8-13H,1-2,6-7,14-20H2,(H,26,31)(H,27,32). The number of amides is 3. The van der Waals surface area contributed by atoms with Gasteiger partial charge in [0.05, 0.1) is 6.54 Å².